The van der Waals surface area contributed by atoms with E-state index in [-0.39, 0.29) is 35.8 Å². The summed E-state index contributed by atoms with van der Waals surface area (Å²) in [5.41, 5.74) is 2.71. The van der Waals surface area contributed by atoms with E-state index in [9.17, 15) is 32.8 Å². The molecule has 4 heterocycles. The smallest absolute Gasteiger partial charge is 0.413 e. The van der Waals surface area contributed by atoms with Gasteiger partial charge in [-0.05, 0) is 44.2 Å². The van der Waals surface area contributed by atoms with Gasteiger partial charge in [-0.2, -0.15) is 4.98 Å². The normalized spacial score (nSPS) is 24.4. The zero-order chi connectivity index (χ0) is 38.3. The Morgan fingerprint density at radius 2 is 1.89 bits per heavy atom. The molecule has 2 aromatic heterocycles. The number of nitrogens with zero attached hydrogens (tertiary/aromatic N) is 2. The Bertz CT molecular complexity index is 2160. The Morgan fingerprint density at radius 1 is 1.13 bits per heavy atom. The monoisotopic (exact) mass is 764 g/mol. The maximum atomic E-state index is 14.7. The van der Waals surface area contributed by atoms with Crippen LogP contribution in [0.4, 0.5) is 19.4 Å². The van der Waals surface area contributed by atoms with Crippen LogP contribution < -0.4 is 35.5 Å². The van der Waals surface area contributed by atoms with Gasteiger partial charge in [-0.15, -0.1) is 0 Å². The van der Waals surface area contributed by atoms with Crippen molar-refractivity contribution in [3.05, 3.63) is 71.0 Å². The third kappa shape index (κ3) is 7.24. The highest BCUT2D eigenvalue weighted by atomic mass is 31.2. The molecule has 0 radical (unpaired) electrons. The zero-order valence-corrected chi connectivity index (χ0v) is 29.6. The minimum absolute atomic E-state index is 0.0239. The number of carbonyl (C=O) groups excluding carboxylic acids is 2. The third-order valence-corrected chi connectivity index (χ3v) is 10.9. The van der Waals surface area contributed by atoms with Crippen LogP contribution >= 0.6 is 7.37 Å². The van der Waals surface area contributed by atoms with Gasteiger partial charge in [-0.25, -0.2) is 23.2 Å². The first-order chi connectivity index (χ1) is 25.0. The topological polar surface area (TPSA) is 222 Å². The van der Waals surface area contributed by atoms with E-state index in [2.05, 4.69) is 10.3 Å². The first kappa shape index (κ1) is 37.5. The molecule has 284 valence electrons. The van der Waals surface area contributed by atoms with Gasteiger partial charge in [0, 0.05) is 23.7 Å². The predicted molar refractivity (Wildman–Crippen MR) is 180 cm³/mol. The number of esters is 1. The lowest BCUT2D eigenvalue weighted by Gasteiger charge is -2.33. The molecule has 17 nitrogen and oxygen atoms in total. The number of methoxy groups -OCH3 is 2. The van der Waals surface area contributed by atoms with Crippen LogP contribution in [0.3, 0.4) is 0 Å². The van der Waals surface area contributed by atoms with E-state index >= 15 is 0 Å². The molecule has 53 heavy (non-hydrogen) atoms. The second-order valence-corrected chi connectivity index (χ2v) is 15.1. The fourth-order valence-electron chi connectivity index (χ4n) is 5.52. The van der Waals surface area contributed by atoms with Gasteiger partial charge in [-0.1, -0.05) is 6.07 Å². The summed E-state index contributed by atoms with van der Waals surface area (Å²) in [6.07, 6.45) is -3.40. The lowest BCUT2D eigenvalue weighted by atomic mass is 10.0. The number of ether oxygens (including phenoxy) is 6. The van der Waals surface area contributed by atoms with E-state index in [0.717, 1.165) is 12.3 Å². The SMILES string of the molecule is COc1cc(OC)c2oc(COC(=O)Nc3ccn([C@]4(COc5cccc(OP6(=O)C[C@@]6(N)C(=O)OC(C)C)c5)OCC(F)(F)[C@@H]4O)c(=O)n3)cc2c1. The molecule has 20 heteroatoms. The van der Waals surface area contributed by atoms with Crippen molar-refractivity contribution in [3.8, 4) is 23.0 Å². The van der Waals surface area contributed by atoms with Crippen LogP contribution in [0.2, 0.25) is 0 Å². The lowest BCUT2D eigenvalue weighted by molar-refractivity contribution is -0.161. The molecular formula is C33H35F2N4O13P. The molecule has 2 aliphatic rings. The van der Waals surface area contributed by atoms with Gasteiger partial charge in [0.2, 0.25) is 11.0 Å². The largest absolute Gasteiger partial charge is 0.497 e. The number of hydrogen-bond acceptors (Lipinski definition) is 15. The Balaban J connectivity index is 1.14. The van der Waals surface area contributed by atoms with Crippen molar-refractivity contribution in [2.75, 3.05) is 38.9 Å². The number of benzene rings is 2. The number of carbonyl (C=O) groups is 2. The lowest BCUT2D eigenvalue weighted by Crippen LogP contribution is -2.55. The molecule has 0 bridgehead atoms. The highest BCUT2D eigenvalue weighted by molar-refractivity contribution is 7.70. The summed E-state index contributed by atoms with van der Waals surface area (Å²) in [7, 11) is -0.745. The molecule has 0 aliphatic carbocycles. The number of halogens is 2. The van der Waals surface area contributed by atoms with Crippen molar-refractivity contribution >= 4 is 36.2 Å². The molecular weight excluding hydrogens is 729 g/mol. The van der Waals surface area contributed by atoms with E-state index in [0.29, 0.717) is 27.0 Å². The van der Waals surface area contributed by atoms with Crippen molar-refractivity contribution in [1.29, 1.82) is 0 Å². The van der Waals surface area contributed by atoms with Gasteiger partial charge in [0.1, 0.15) is 42.0 Å². The Morgan fingerprint density at radius 3 is 2.55 bits per heavy atom. The second-order valence-electron chi connectivity index (χ2n) is 12.5. The number of amides is 1. The standard InChI is InChI=1S/C33H35F2N4O13P/c1-18(2)50-28(41)32(36)17-53(32,44)52-21-7-5-6-20(12-21)48-16-33(27(40)31(34,35)15-49-33)39-9-8-25(37-29(39)42)38-30(43)47-14-23-11-19-10-22(45-3)13-24(46-4)26(19)51-23/h5-13,18,27,40H,14-17,36H2,1-4H3,(H,37,38,42,43)/t27-,32-,33+,53?/m0/s1. The number of furan rings is 1. The molecule has 2 fully saturated rings. The molecule has 1 amide bonds. The zero-order valence-electron chi connectivity index (χ0n) is 28.7. The first-order valence-corrected chi connectivity index (χ1v) is 17.7. The fourth-order valence-corrected chi connectivity index (χ4v) is 7.57. The molecule has 0 spiro atoms. The minimum Gasteiger partial charge on any atom is -0.497 e. The molecule has 1 unspecified atom stereocenters. The number of nitrogens with one attached hydrogen (secondary N) is 1. The van der Waals surface area contributed by atoms with Crippen LogP contribution in [-0.4, -0.2) is 83.7 Å². The summed E-state index contributed by atoms with van der Waals surface area (Å²) in [5, 5.41) is 11.8. The second kappa shape index (κ2) is 14.0. The average Bonchev–Trinajstić information content (AvgIpc) is 3.34. The Labute approximate surface area is 299 Å². The quantitative estimate of drug-likeness (QED) is 0.130. The molecule has 2 aromatic carbocycles. The van der Waals surface area contributed by atoms with Crippen molar-refractivity contribution in [1.82, 2.24) is 9.55 Å². The van der Waals surface area contributed by atoms with Gasteiger partial charge in [0.05, 0.1) is 26.5 Å². The van der Waals surface area contributed by atoms with Gasteiger partial charge in [0.15, 0.2) is 24.0 Å². The first-order valence-electron chi connectivity index (χ1n) is 15.9. The van der Waals surface area contributed by atoms with Gasteiger partial charge in [0.25, 0.3) is 7.37 Å². The number of aromatic nitrogens is 2. The number of aliphatic hydroxyl groups is 1. The molecule has 2 aliphatic heterocycles. The number of hydrogen-bond donors (Lipinski definition) is 3. The Kier molecular flexibility index (Phi) is 9.89. The van der Waals surface area contributed by atoms with E-state index in [1.54, 1.807) is 32.0 Å². The maximum absolute atomic E-state index is 14.7. The van der Waals surface area contributed by atoms with Crippen molar-refractivity contribution < 1.29 is 65.4 Å². The number of aliphatic hydroxyl groups excluding tert-OH is 1. The third-order valence-electron chi connectivity index (χ3n) is 8.35. The van der Waals surface area contributed by atoms with Gasteiger partial charge >= 0.3 is 23.7 Å². The number of fused-ring (bicyclic) bond motifs is 1. The van der Waals surface area contributed by atoms with E-state index < -0.39 is 67.5 Å². The summed E-state index contributed by atoms with van der Waals surface area (Å²) in [5.74, 6) is -3.86. The molecule has 4 aromatic rings. The van der Waals surface area contributed by atoms with E-state index in [1.165, 1.54) is 38.5 Å². The number of anilines is 1. The van der Waals surface area contributed by atoms with Crippen molar-refractivity contribution in [2.24, 2.45) is 5.73 Å². The molecule has 4 atom stereocenters. The maximum Gasteiger partial charge on any atom is 0.413 e. The molecule has 4 N–H and O–H groups in total. The predicted octanol–water partition coefficient (Wildman–Crippen LogP) is 3.79. The molecule has 2 saturated heterocycles. The van der Waals surface area contributed by atoms with Crippen LogP contribution in [0.15, 0.2) is 63.9 Å². The van der Waals surface area contributed by atoms with Crippen LogP contribution in [-0.2, 0) is 35.9 Å². The van der Waals surface area contributed by atoms with Crippen molar-refractivity contribution in [2.45, 2.75) is 49.6 Å². The van der Waals surface area contributed by atoms with Crippen LogP contribution in [0.5, 0.6) is 23.0 Å². The highest BCUT2D eigenvalue weighted by Gasteiger charge is 2.72. The number of nitrogens with two attached hydrogens (primary N) is 1. The number of rotatable bonds is 13. The van der Waals surface area contributed by atoms with Crippen LogP contribution in [0, 0.1) is 0 Å². The van der Waals surface area contributed by atoms with E-state index in [1.807, 2.05) is 0 Å². The molecule has 0 saturated carbocycles. The average molecular weight is 765 g/mol. The highest BCUT2D eigenvalue weighted by Crippen LogP contribution is 2.73. The van der Waals surface area contributed by atoms with Gasteiger partial charge < -0.3 is 48.2 Å². The summed E-state index contributed by atoms with van der Waals surface area (Å²) in [6, 6.07) is 11.5. The van der Waals surface area contributed by atoms with Crippen LogP contribution in [0.1, 0.15) is 19.6 Å². The fraction of sp³-hybridized carbons (Fsp3) is 0.394. The van der Waals surface area contributed by atoms with Crippen molar-refractivity contribution in [3.63, 3.8) is 0 Å². The van der Waals surface area contributed by atoms with Gasteiger partial charge in [-0.3, -0.25) is 14.4 Å². The summed E-state index contributed by atoms with van der Waals surface area (Å²) in [4.78, 5) is 41.9. The molecule has 6 rings (SSSR count). The van der Waals surface area contributed by atoms with E-state index in [4.69, 9.17) is 43.1 Å². The number of alkyl halides is 2. The summed E-state index contributed by atoms with van der Waals surface area (Å²) >= 11 is 0. The van der Waals surface area contributed by atoms with Crippen LogP contribution in [0.25, 0.3) is 11.0 Å². The minimum atomic E-state index is -3.80. The Hall–Kier alpha value is -5.23. The summed E-state index contributed by atoms with van der Waals surface area (Å²) in [6.45, 7) is 0.780. The summed E-state index contributed by atoms with van der Waals surface area (Å²) < 4.78 is 86.4.